The molecule has 3 saturated heterocycles. The molecule has 3 atom stereocenters. The van der Waals surface area contributed by atoms with Crippen molar-refractivity contribution in [3.8, 4) is 0 Å². The van der Waals surface area contributed by atoms with Crippen LogP contribution < -0.4 is 4.90 Å². The van der Waals surface area contributed by atoms with Crippen LogP contribution in [-0.2, 0) is 14.4 Å². The number of amides is 1. The van der Waals surface area contributed by atoms with Gasteiger partial charge in [-0.15, -0.1) is 5.06 Å². The number of benzene rings is 1. The Morgan fingerprint density at radius 2 is 1.68 bits per heavy atom. The van der Waals surface area contributed by atoms with Gasteiger partial charge in [-0.3, -0.25) is 9.69 Å². The smallest absolute Gasteiger partial charge is 0.427 e. The minimum atomic E-state index is -0.677. The molecule has 1 aromatic carbocycles. The Morgan fingerprint density at radius 3 is 2.32 bits per heavy atom. The molecule has 7 nitrogen and oxygen atoms in total. The number of rotatable bonds is 4. The highest BCUT2D eigenvalue weighted by Gasteiger charge is 2.47. The van der Waals surface area contributed by atoms with E-state index in [1.54, 1.807) is 5.06 Å². The molecule has 4 aliphatic rings. The van der Waals surface area contributed by atoms with Crippen LogP contribution in [0.1, 0.15) is 97.0 Å². The van der Waals surface area contributed by atoms with Crippen LogP contribution in [0.4, 0.5) is 10.5 Å². The molecule has 4 fully saturated rings. The molecular weight excluding hydrogens is 466 g/mol. The summed E-state index contributed by atoms with van der Waals surface area (Å²) in [6, 6.07) is 10.3. The monoisotopic (exact) mass is 511 g/mol. The van der Waals surface area contributed by atoms with E-state index in [0.29, 0.717) is 31.8 Å². The molecule has 3 aliphatic heterocycles. The second-order valence-corrected chi connectivity index (χ2v) is 12.8. The number of hydrogen-bond donors (Lipinski definition) is 0. The zero-order valence-electron chi connectivity index (χ0n) is 23.2. The number of likely N-dealkylation sites (tertiary alicyclic amines) is 1. The van der Waals surface area contributed by atoms with E-state index in [0.717, 1.165) is 37.2 Å². The summed E-state index contributed by atoms with van der Waals surface area (Å²) in [7, 11) is 0. The van der Waals surface area contributed by atoms with Gasteiger partial charge in [-0.2, -0.15) is 0 Å². The summed E-state index contributed by atoms with van der Waals surface area (Å²) >= 11 is 0. The van der Waals surface area contributed by atoms with Crippen LogP contribution in [0.25, 0.3) is 0 Å². The molecule has 1 aliphatic carbocycles. The molecular formula is C30H45N3O4. The van der Waals surface area contributed by atoms with Gasteiger partial charge in [-0.1, -0.05) is 12.1 Å². The maximum absolute atomic E-state index is 13.8. The second kappa shape index (κ2) is 10.6. The van der Waals surface area contributed by atoms with E-state index in [9.17, 15) is 9.59 Å². The van der Waals surface area contributed by atoms with Gasteiger partial charge in [0.25, 0.3) is 0 Å². The van der Waals surface area contributed by atoms with Crippen LogP contribution in [0.15, 0.2) is 24.3 Å². The fourth-order valence-corrected chi connectivity index (χ4v) is 7.15. The molecule has 1 saturated carbocycles. The number of piperidine rings is 2. The van der Waals surface area contributed by atoms with E-state index >= 15 is 0 Å². The number of carbonyl (C=O) groups excluding carboxylic acids is 2. The average molecular weight is 512 g/mol. The van der Waals surface area contributed by atoms with Gasteiger partial charge in [0.05, 0.1) is 5.41 Å². The number of ether oxygens (including phenoxy) is 1. The van der Waals surface area contributed by atoms with Crippen LogP contribution in [0.2, 0.25) is 0 Å². The molecule has 7 heteroatoms. The Kier molecular flexibility index (Phi) is 7.56. The molecule has 0 bridgehead atoms. The highest BCUT2D eigenvalue weighted by Crippen LogP contribution is 2.43. The van der Waals surface area contributed by atoms with Gasteiger partial charge in [-0.05, 0) is 116 Å². The van der Waals surface area contributed by atoms with Gasteiger partial charge >= 0.3 is 6.16 Å². The van der Waals surface area contributed by atoms with E-state index in [4.69, 9.17) is 9.57 Å². The summed E-state index contributed by atoms with van der Waals surface area (Å²) in [6.45, 7) is 11.0. The third-order valence-corrected chi connectivity index (χ3v) is 9.16. The first-order valence-corrected chi connectivity index (χ1v) is 14.5. The zero-order chi connectivity index (χ0) is 26.2. The Balaban J connectivity index is 1.17. The number of nitrogens with zero attached hydrogens (tertiary/aromatic N) is 3. The van der Waals surface area contributed by atoms with E-state index < -0.39 is 11.8 Å². The third kappa shape index (κ3) is 5.83. The normalized spacial score (nSPS) is 29.1. The fraction of sp³-hybridized carbons (Fsp3) is 0.733. The van der Waals surface area contributed by atoms with Crippen LogP contribution in [0.5, 0.6) is 0 Å². The fourth-order valence-electron chi connectivity index (χ4n) is 7.15. The van der Waals surface area contributed by atoms with Gasteiger partial charge < -0.3 is 14.5 Å². The molecule has 0 aromatic heterocycles. The van der Waals surface area contributed by atoms with Crippen molar-refractivity contribution in [2.24, 2.45) is 5.41 Å². The predicted molar refractivity (Wildman–Crippen MR) is 144 cm³/mol. The first-order chi connectivity index (χ1) is 17.6. The van der Waals surface area contributed by atoms with Gasteiger partial charge in [0.2, 0.25) is 5.91 Å². The van der Waals surface area contributed by atoms with Crippen molar-refractivity contribution < 1.29 is 19.2 Å². The van der Waals surface area contributed by atoms with Crippen molar-refractivity contribution in [2.45, 2.75) is 109 Å². The SMILES string of the molecule is CC1CCCN1C1CCC(c2ccc(N3CCCC4(CCN(OC(=O)OC(C)(C)C)CC4)C3=O)cc2)C1. The third-order valence-electron chi connectivity index (χ3n) is 9.16. The maximum Gasteiger partial charge on any atom is 0.528 e. The summed E-state index contributed by atoms with van der Waals surface area (Å²) in [5.74, 6) is 0.858. The van der Waals surface area contributed by atoms with Gasteiger partial charge in [0.15, 0.2) is 0 Å². The van der Waals surface area contributed by atoms with Crippen molar-refractivity contribution in [1.29, 1.82) is 0 Å². The van der Waals surface area contributed by atoms with E-state index in [1.165, 1.54) is 44.2 Å². The standard InChI is InChI=1S/C30H45N3O4/c1-22-7-5-17-32(22)26-13-10-24(21-26)23-8-11-25(12-9-23)33-18-6-14-30(27(33)34)15-19-31(20-16-30)37-28(35)36-29(2,3)4/h8-9,11-12,22,24,26H,5-7,10,13-21H2,1-4H3. The summed E-state index contributed by atoms with van der Waals surface area (Å²) in [4.78, 5) is 35.9. The van der Waals surface area contributed by atoms with Gasteiger partial charge in [-0.25, -0.2) is 4.79 Å². The largest absolute Gasteiger partial charge is 0.528 e. The average Bonchev–Trinajstić information content (AvgIpc) is 3.50. The number of hydrogen-bond acceptors (Lipinski definition) is 6. The topological polar surface area (TPSA) is 62.3 Å². The maximum atomic E-state index is 13.8. The van der Waals surface area contributed by atoms with E-state index in [-0.39, 0.29) is 11.3 Å². The van der Waals surface area contributed by atoms with Crippen molar-refractivity contribution in [3.05, 3.63) is 29.8 Å². The Hall–Kier alpha value is -2.12. The van der Waals surface area contributed by atoms with Crippen molar-refractivity contribution in [1.82, 2.24) is 9.96 Å². The lowest BCUT2D eigenvalue weighted by atomic mass is 9.72. The Labute approximate surface area is 222 Å². The predicted octanol–water partition coefficient (Wildman–Crippen LogP) is 5.88. The number of anilines is 1. The first kappa shape index (κ1) is 26.5. The first-order valence-electron chi connectivity index (χ1n) is 14.5. The van der Waals surface area contributed by atoms with E-state index in [1.807, 2.05) is 25.7 Å². The molecule has 204 valence electrons. The molecule has 37 heavy (non-hydrogen) atoms. The molecule has 0 N–H and O–H groups in total. The molecule has 0 radical (unpaired) electrons. The van der Waals surface area contributed by atoms with Crippen molar-refractivity contribution in [2.75, 3.05) is 31.1 Å². The molecule has 1 spiro atoms. The van der Waals surface area contributed by atoms with Gasteiger partial charge in [0, 0.05) is 37.4 Å². The molecule has 3 unspecified atom stereocenters. The summed E-state index contributed by atoms with van der Waals surface area (Å²) < 4.78 is 5.28. The van der Waals surface area contributed by atoms with Gasteiger partial charge in [0.1, 0.15) is 5.60 Å². The quantitative estimate of drug-likeness (QED) is 0.470. The number of hydroxylamine groups is 2. The van der Waals surface area contributed by atoms with Crippen molar-refractivity contribution in [3.63, 3.8) is 0 Å². The molecule has 1 amide bonds. The zero-order valence-corrected chi connectivity index (χ0v) is 23.2. The summed E-state index contributed by atoms with van der Waals surface area (Å²) in [6.07, 6.45) is 9.13. The lowest BCUT2D eigenvalue weighted by molar-refractivity contribution is -0.169. The minimum Gasteiger partial charge on any atom is -0.427 e. The highest BCUT2D eigenvalue weighted by atomic mass is 16.8. The van der Waals surface area contributed by atoms with Crippen molar-refractivity contribution >= 4 is 17.7 Å². The highest BCUT2D eigenvalue weighted by molar-refractivity contribution is 5.98. The minimum absolute atomic E-state index is 0.229. The molecule has 3 heterocycles. The molecule has 1 aromatic rings. The Morgan fingerprint density at radius 1 is 0.946 bits per heavy atom. The van der Waals surface area contributed by atoms with Crippen LogP contribution in [0.3, 0.4) is 0 Å². The lowest BCUT2D eigenvalue weighted by Crippen LogP contribution is -2.54. The molecule has 5 rings (SSSR count). The lowest BCUT2D eigenvalue weighted by Gasteiger charge is -2.45. The second-order valence-electron chi connectivity index (χ2n) is 12.8. The van der Waals surface area contributed by atoms with E-state index in [2.05, 4.69) is 36.1 Å². The van der Waals surface area contributed by atoms with Crippen LogP contribution in [0, 0.1) is 5.41 Å². The summed E-state index contributed by atoms with van der Waals surface area (Å²) in [5, 5.41) is 1.65. The Bertz CT molecular complexity index is 964. The van der Waals surface area contributed by atoms with Crippen LogP contribution >= 0.6 is 0 Å². The summed E-state index contributed by atoms with van der Waals surface area (Å²) in [5.41, 5.74) is 1.48. The number of carbonyl (C=O) groups is 2. The van der Waals surface area contributed by atoms with Crippen LogP contribution in [-0.4, -0.2) is 65.9 Å².